The number of hydrogen-bond donors (Lipinski definition) is 1. The van der Waals surface area contributed by atoms with E-state index in [0.29, 0.717) is 5.92 Å². The Hall–Kier alpha value is -1.77. The minimum Gasteiger partial charge on any atom is -0.493 e. The molecule has 1 aromatic carbocycles. The zero-order chi connectivity index (χ0) is 13.8. The highest BCUT2D eigenvalue weighted by atomic mass is 16.5. The maximum absolute atomic E-state index is 5.97. The zero-order valence-electron chi connectivity index (χ0n) is 11.9. The van der Waals surface area contributed by atoms with Crippen molar-refractivity contribution in [1.29, 1.82) is 0 Å². The van der Waals surface area contributed by atoms with E-state index in [1.54, 1.807) is 0 Å². The minimum absolute atomic E-state index is 0.564. The summed E-state index contributed by atoms with van der Waals surface area (Å²) in [5.41, 5.74) is 8.50. The highest BCUT2D eigenvalue weighted by Gasteiger charge is 2.08. The standard InChI is InChI=1S/C16H22N2O/c1-4-5-11(2)10-19-16-8-12(3)18-15-7-6-13(17)9-14(15)16/h6-9,11H,4-5,10,17H2,1-3H3. The summed E-state index contributed by atoms with van der Waals surface area (Å²) < 4.78 is 5.97. The van der Waals surface area contributed by atoms with Crippen molar-refractivity contribution in [2.45, 2.75) is 33.6 Å². The largest absolute Gasteiger partial charge is 0.493 e. The molecule has 3 nitrogen and oxygen atoms in total. The van der Waals surface area contributed by atoms with E-state index in [4.69, 9.17) is 10.5 Å². The fourth-order valence-corrected chi connectivity index (χ4v) is 2.27. The molecule has 1 atom stereocenters. The van der Waals surface area contributed by atoms with Crippen molar-refractivity contribution in [3.05, 3.63) is 30.0 Å². The van der Waals surface area contributed by atoms with Gasteiger partial charge in [0.2, 0.25) is 0 Å². The van der Waals surface area contributed by atoms with Gasteiger partial charge < -0.3 is 10.5 Å². The van der Waals surface area contributed by atoms with Crippen molar-refractivity contribution < 1.29 is 4.74 Å². The molecule has 2 rings (SSSR count). The summed E-state index contributed by atoms with van der Waals surface area (Å²) in [6.45, 7) is 7.14. The summed E-state index contributed by atoms with van der Waals surface area (Å²) >= 11 is 0. The molecule has 2 N–H and O–H groups in total. The molecule has 0 aliphatic heterocycles. The number of aromatic nitrogens is 1. The molecule has 0 bridgehead atoms. The predicted molar refractivity (Wildman–Crippen MR) is 80.5 cm³/mol. The molecule has 1 unspecified atom stereocenters. The Bertz CT molecular complexity index is 566. The third kappa shape index (κ3) is 3.37. The molecule has 0 fully saturated rings. The Balaban J connectivity index is 2.28. The maximum atomic E-state index is 5.97. The maximum Gasteiger partial charge on any atom is 0.130 e. The number of fused-ring (bicyclic) bond motifs is 1. The van der Waals surface area contributed by atoms with Gasteiger partial charge in [-0.3, -0.25) is 4.98 Å². The number of nitrogens with two attached hydrogens (primary N) is 1. The summed E-state index contributed by atoms with van der Waals surface area (Å²) in [6, 6.07) is 7.74. The molecule has 0 aliphatic carbocycles. The van der Waals surface area contributed by atoms with Crippen LogP contribution in [-0.2, 0) is 0 Å². The first-order chi connectivity index (χ1) is 9.10. The smallest absolute Gasteiger partial charge is 0.130 e. The van der Waals surface area contributed by atoms with Crippen molar-refractivity contribution in [3.8, 4) is 5.75 Å². The van der Waals surface area contributed by atoms with Gasteiger partial charge in [-0.25, -0.2) is 0 Å². The highest BCUT2D eigenvalue weighted by molar-refractivity contribution is 5.87. The van der Waals surface area contributed by atoms with Crippen LogP contribution in [0.3, 0.4) is 0 Å². The number of aryl methyl sites for hydroxylation is 1. The average molecular weight is 258 g/mol. The Kier molecular flexibility index (Phi) is 4.25. The molecule has 0 spiro atoms. The minimum atomic E-state index is 0.564. The summed E-state index contributed by atoms with van der Waals surface area (Å²) in [5.74, 6) is 1.45. The summed E-state index contributed by atoms with van der Waals surface area (Å²) in [4.78, 5) is 4.51. The summed E-state index contributed by atoms with van der Waals surface area (Å²) in [5, 5.41) is 0.995. The van der Waals surface area contributed by atoms with Gasteiger partial charge in [-0.15, -0.1) is 0 Å². The molecule has 0 aliphatic rings. The van der Waals surface area contributed by atoms with Crippen LogP contribution in [0.5, 0.6) is 5.75 Å². The monoisotopic (exact) mass is 258 g/mol. The topological polar surface area (TPSA) is 48.1 Å². The van der Waals surface area contributed by atoms with E-state index < -0.39 is 0 Å². The van der Waals surface area contributed by atoms with Crippen LogP contribution in [0.2, 0.25) is 0 Å². The van der Waals surface area contributed by atoms with Crippen LogP contribution in [0, 0.1) is 12.8 Å². The fraction of sp³-hybridized carbons (Fsp3) is 0.438. The number of nitrogen functional groups attached to an aromatic ring is 1. The number of pyridine rings is 1. The van der Waals surface area contributed by atoms with E-state index in [1.807, 2.05) is 31.2 Å². The first kappa shape index (κ1) is 13.7. The van der Waals surface area contributed by atoms with Gasteiger partial charge >= 0.3 is 0 Å². The lowest BCUT2D eigenvalue weighted by atomic mass is 10.1. The van der Waals surface area contributed by atoms with E-state index in [0.717, 1.165) is 34.6 Å². The normalized spacial score (nSPS) is 12.6. The number of benzene rings is 1. The van der Waals surface area contributed by atoms with Crippen LogP contribution >= 0.6 is 0 Å². The van der Waals surface area contributed by atoms with Gasteiger partial charge in [0.25, 0.3) is 0 Å². The van der Waals surface area contributed by atoms with Crippen molar-refractivity contribution in [3.63, 3.8) is 0 Å². The molecule has 0 saturated heterocycles. The van der Waals surface area contributed by atoms with Crippen molar-refractivity contribution >= 4 is 16.6 Å². The van der Waals surface area contributed by atoms with E-state index in [-0.39, 0.29) is 0 Å². The number of rotatable bonds is 5. The highest BCUT2D eigenvalue weighted by Crippen LogP contribution is 2.27. The van der Waals surface area contributed by atoms with Crippen LogP contribution in [0.15, 0.2) is 24.3 Å². The lowest BCUT2D eigenvalue weighted by Crippen LogP contribution is -2.08. The Labute approximate surface area is 114 Å². The molecular weight excluding hydrogens is 236 g/mol. The predicted octanol–water partition coefficient (Wildman–Crippen LogP) is 3.94. The van der Waals surface area contributed by atoms with Gasteiger partial charge in [-0.05, 0) is 37.5 Å². The van der Waals surface area contributed by atoms with Crippen molar-refractivity contribution in [1.82, 2.24) is 4.98 Å². The van der Waals surface area contributed by atoms with Gasteiger partial charge in [0.1, 0.15) is 5.75 Å². The molecule has 102 valence electrons. The molecule has 3 heteroatoms. The molecule has 1 heterocycles. The molecule has 2 aromatic rings. The van der Waals surface area contributed by atoms with Crippen LogP contribution in [0.4, 0.5) is 5.69 Å². The third-order valence-electron chi connectivity index (χ3n) is 3.23. The Morgan fingerprint density at radius 2 is 2.11 bits per heavy atom. The molecule has 0 radical (unpaired) electrons. The van der Waals surface area contributed by atoms with E-state index >= 15 is 0 Å². The van der Waals surface area contributed by atoms with E-state index in [9.17, 15) is 0 Å². The zero-order valence-corrected chi connectivity index (χ0v) is 11.9. The van der Waals surface area contributed by atoms with Gasteiger partial charge in [-0.2, -0.15) is 0 Å². The van der Waals surface area contributed by atoms with Crippen LogP contribution in [0.25, 0.3) is 10.9 Å². The summed E-state index contributed by atoms with van der Waals surface area (Å²) in [6.07, 6.45) is 2.37. The fourth-order valence-electron chi connectivity index (χ4n) is 2.27. The van der Waals surface area contributed by atoms with Gasteiger partial charge in [0.15, 0.2) is 0 Å². The number of anilines is 1. The number of nitrogens with zero attached hydrogens (tertiary/aromatic N) is 1. The second-order valence-electron chi connectivity index (χ2n) is 5.24. The second-order valence-corrected chi connectivity index (χ2v) is 5.24. The molecule has 0 saturated carbocycles. The lowest BCUT2D eigenvalue weighted by molar-refractivity contribution is 0.254. The van der Waals surface area contributed by atoms with Crippen molar-refractivity contribution in [2.24, 2.45) is 5.92 Å². The second kappa shape index (κ2) is 5.91. The molecule has 0 amide bonds. The van der Waals surface area contributed by atoms with Crippen LogP contribution < -0.4 is 10.5 Å². The molecular formula is C16H22N2O. The first-order valence-electron chi connectivity index (χ1n) is 6.90. The van der Waals surface area contributed by atoms with Gasteiger partial charge in [0, 0.05) is 22.8 Å². The summed E-state index contributed by atoms with van der Waals surface area (Å²) in [7, 11) is 0. The number of hydrogen-bond acceptors (Lipinski definition) is 3. The number of ether oxygens (including phenoxy) is 1. The Morgan fingerprint density at radius 1 is 1.32 bits per heavy atom. The van der Waals surface area contributed by atoms with Gasteiger partial charge in [0.05, 0.1) is 12.1 Å². The third-order valence-corrected chi connectivity index (χ3v) is 3.23. The van der Waals surface area contributed by atoms with Crippen LogP contribution in [-0.4, -0.2) is 11.6 Å². The van der Waals surface area contributed by atoms with Crippen molar-refractivity contribution in [2.75, 3.05) is 12.3 Å². The first-order valence-corrected chi connectivity index (χ1v) is 6.90. The Morgan fingerprint density at radius 3 is 2.84 bits per heavy atom. The average Bonchev–Trinajstić information content (AvgIpc) is 2.37. The van der Waals surface area contributed by atoms with E-state index in [2.05, 4.69) is 18.8 Å². The quantitative estimate of drug-likeness (QED) is 0.826. The molecule has 1 aromatic heterocycles. The van der Waals surface area contributed by atoms with Gasteiger partial charge in [-0.1, -0.05) is 20.3 Å². The SMILES string of the molecule is CCCC(C)COc1cc(C)nc2ccc(N)cc12. The van der Waals surface area contributed by atoms with Crippen LogP contribution in [0.1, 0.15) is 32.4 Å². The molecule has 19 heavy (non-hydrogen) atoms. The lowest BCUT2D eigenvalue weighted by Gasteiger charge is -2.14. The van der Waals surface area contributed by atoms with E-state index in [1.165, 1.54) is 12.8 Å².